The first-order valence-corrected chi connectivity index (χ1v) is 9.86. The summed E-state index contributed by atoms with van der Waals surface area (Å²) in [5.74, 6) is 0.274. The second-order valence-electron chi connectivity index (χ2n) is 7.39. The number of aliphatic hydroxyl groups is 1. The highest BCUT2D eigenvalue weighted by atomic mass is 16.6. The molecule has 8 nitrogen and oxygen atoms in total. The molecule has 2 aromatic carbocycles. The second kappa shape index (κ2) is 11.3. The molecule has 0 saturated heterocycles. The van der Waals surface area contributed by atoms with Gasteiger partial charge < -0.3 is 15.2 Å². The van der Waals surface area contributed by atoms with Gasteiger partial charge in [0, 0.05) is 37.7 Å². The van der Waals surface area contributed by atoms with Crippen LogP contribution in [-0.4, -0.2) is 47.1 Å². The first kappa shape index (κ1) is 23.3. The Kier molecular flexibility index (Phi) is 8.76. The number of anilines is 1. The highest BCUT2D eigenvalue weighted by Crippen LogP contribution is 2.29. The summed E-state index contributed by atoms with van der Waals surface area (Å²) in [5, 5.41) is 23.6. The van der Waals surface area contributed by atoms with Crippen molar-refractivity contribution in [2.45, 2.75) is 32.9 Å². The van der Waals surface area contributed by atoms with E-state index in [1.807, 2.05) is 44.2 Å². The molecule has 2 rings (SSSR count). The summed E-state index contributed by atoms with van der Waals surface area (Å²) in [6.45, 7) is 5.10. The lowest BCUT2D eigenvalue weighted by Crippen LogP contribution is -2.42. The molecule has 0 aliphatic carbocycles. The fourth-order valence-electron chi connectivity index (χ4n) is 3.29. The molecule has 30 heavy (non-hydrogen) atoms. The summed E-state index contributed by atoms with van der Waals surface area (Å²) in [4.78, 5) is 25.2. The third-order valence-corrected chi connectivity index (χ3v) is 4.95. The molecule has 1 unspecified atom stereocenters. The molecule has 0 heterocycles. The predicted molar refractivity (Wildman–Crippen MR) is 115 cm³/mol. The average Bonchev–Trinajstić information content (AvgIpc) is 2.72. The number of ether oxygens (including phenoxy) is 1. The fourth-order valence-corrected chi connectivity index (χ4v) is 3.29. The van der Waals surface area contributed by atoms with Crippen molar-refractivity contribution >= 4 is 17.3 Å². The second-order valence-corrected chi connectivity index (χ2v) is 7.39. The van der Waals surface area contributed by atoms with E-state index in [1.165, 1.54) is 25.3 Å². The molecule has 162 valence electrons. The van der Waals surface area contributed by atoms with Gasteiger partial charge in [-0.15, -0.1) is 0 Å². The van der Waals surface area contributed by atoms with Gasteiger partial charge in [0.1, 0.15) is 5.75 Å². The normalized spacial score (nSPS) is 12.1. The highest BCUT2D eigenvalue weighted by molar-refractivity contribution is 5.92. The zero-order chi connectivity index (χ0) is 22.1. The molecule has 0 aliphatic rings. The summed E-state index contributed by atoms with van der Waals surface area (Å²) < 4.78 is 5.19. The number of nitro groups is 1. The molecule has 0 aliphatic heterocycles. The zero-order valence-corrected chi connectivity index (χ0v) is 17.6. The maximum Gasteiger partial charge on any atom is 0.271 e. The number of non-ortho nitro benzene ring substituents is 1. The van der Waals surface area contributed by atoms with Crippen molar-refractivity contribution in [3.8, 4) is 5.75 Å². The molecule has 0 spiro atoms. The van der Waals surface area contributed by atoms with Gasteiger partial charge in [0.2, 0.25) is 5.91 Å². The van der Waals surface area contributed by atoms with Gasteiger partial charge in [-0.2, -0.15) is 0 Å². The number of methoxy groups -OCH3 is 1. The van der Waals surface area contributed by atoms with Gasteiger partial charge in [-0.05, 0) is 17.5 Å². The number of benzene rings is 2. The predicted octanol–water partition coefficient (Wildman–Crippen LogP) is 3.45. The van der Waals surface area contributed by atoms with Crippen LogP contribution in [0.2, 0.25) is 0 Å². The van der Waals surface area contributed by atoms with Crippen LogP contribution in [0.4, 0.5) is 11.4 Å². The maximum atomic E-state index is 12.6. The number of amides is 1. The average molecular weight is 415 g/mol. The summed E-state index contributed by atoms with van der Waals surface area (Å²) in [6, 6.07) is 13.8. The number of hydrogen-bond donors (Lipinski definition) is 2. The van der Waals surface area contributed by atoms with Crippen LogP contribution >= 0.6 is 0 Å². The molecule has 0 fully saturated rings. The first-order chi connectivity index (χ1) is 14.3. The number of carbonyl (C=O) groups excluding carboxylic acids is 1. The highest BCUT2D eigenvalue weighted by Gasteiger charge is 2.22. The fraction of sp³-hybridized carbons (Fsp3) is 0.409. The number of nitro benzene ring substituents is 1. The molecule has 1 atom stereocenters. The van der Waals surface area contributed by atoms with Crippen LogP contribution in [0.1, 0.15) is 25.8 Å². The quantitative estimate of drug-likeness (QED) is 0.430. The Labute approximate surface area is 176 Å². The molecule has 1 amide bonds. The van der Waals surface area contributed by atoms with Gasteiger partial charge in [-0.3, -0.25) is 19.8 Å². The van der Waals surface area contributed by atoms with Crippen molar-refractivity contribution in [1.82, 2.24) is 4.90 Å². The molecule has 0 bridgehead atoms. The van der Waals surface area contributed by atoms with Crippen LogP contribution in [0.15, 0.2) is 48.5 Å². The monoisotopic (exact) mass is 415 g/mol. The van der Waals surface area contributed by atoms with Crippen molar-refractivity contribution in [2.75, 3.05) is 25.6 Å². The summed E-state index contributed by atoms with van der Waals surface area (Å²) >= 11 is 0. The standard InChI is InChI=1S/C22H29N3O5/c1-16(2)20(15-26)24(14-17-7-5-4-6-8-17)12-11-22(27)23-19-13-18(25(28)29)9-10-21(19)30-3/h4-10,13,16,20,26H,11-12,14-15H2,1-3H3,(H,23,27). The van der Waals surface area contributed by atoms with E-state index in [1.54, 1.807) is 0 Å². The van der Waals surface area contributed by atoms with Gasteiger partial charge >= 0.3 is 0 Å². The lowest BCUT2D eigenvalue weighted by atomic mass is 10.0. The number of nitrogens with zero attached hydrogens (tertiary/aromatic N) is 2. The van der Waals surface area contributed by atoms with E-state index in [0.29, 0.717) is 18.8 Å². The number of hydrogen-bond acceptors (Lipinski definition) is 6. The Morgan fingerprint density at radius 2 is 1.93 bits per heavy atom. The Hall–Kier alpha value is -2.97. The SMILES string of the molecule is COc1ccc([N+](=O)[O-])cc1NC(=O)CCN(Cc1ccccc1)C(CO)C(C)C. The van der Waals surface area contributed by atoms with Gasteiger partial charge in [0.25, 0.3) is 5.69 Å². The Balaban J connectivity index is 2.10. The van der Waals surface area contributed by atoms with Crippen molar-refractivity contribution in [1.29, 1.82) is 0 Å². The van der Waals surface area contributed by atoms with Crippen molar-refractivity contribution in [3.63, 3.8) is 0 Å². The smallest absolute Gasteiger partial charge is 0.271 e. The number of carbonyl (C=O) groups is 1. The minimum atomic E-state index is -0.523. The molecule has 0 saturated carbocycles. The van der Waals surface area contributed by atoms with Crippen molar-refractivity contribution in [3.05, 3.63) is 64.2 Å². The Morgan fingerprint density at radius 3 is 2.50 bits per heavy atom. The molecule has 0 radical (unpaired) electrons. The number of aliphatic hydroxyl groups excluding tert-OH is 1. The molecular formula is C22H29N3O5. The van der Waals surface area contributed by atoms with Crippen molar-refractivity contribution < 1.29 is 19.6 Å². The minimum absolute atomic E-state index is 0.00911. The van der Waals surface area contributed by atoms with Crippen LogP contribution in [0.5, 0.6) is 5.75 Å². The third-order valence-electron chi connectivity index (χ3n) is 4.95. The lowest BCUT2D eigenvalue weighted by molar-refractivity contribution is -0.384. The Bertz CT molecular complexity index is 842. The van der Waals surface area contributed by atoms with E-state index in [4.69, 9.17) is 4.74 Å². The summed E-state index contributed by atoms with van der Waals surface area (Å²) in [7, 11) is 1.44. The van der Waals surface area contributed by atoms with E-state index in [0.717, 1.165) is 5.56 Å². The number of rotatable bonds is 11. The van der Waals surface area contributed by atoms with Crippen LogP contribution in [0.3, 0.4) is 0 Å². The van der Waals surface area contributed by atoms with Gasteiger partial charge in [-0.25, -0.2) is 0 Å². The molecule has 8 heteroatoms. The van der Waals surface area contributed by atoms with Gasteiger partial charge in [-0.1, -0.05) is 44.2 Å². The molecule has 2 aromatic rings. The van der Waals surface area contributed by atoms with E-state index in [-0.39, 0.29) is 42.3 Å². The summed E-state index contributed by atoms with van der Waals surface area (Å²) in [5.41, 5.74) is 1.23. The minimum Gasteiger partial charge on any atom is -0.495 e. The molecular weight excluding hydrogens is 386 g/mol. The third kappa shape index (κ3) is 6.53. The molecule has 2 N–H and O–H groups in total. The zero-order valence-electron chi connectivity index (χ0n) is 17.6. The Morgan fingerprint density at radius 1 is 1.23 bits per heavy atom. The van der Waals surface area contributed by atoms with Gasteiger partial charge in [0.15, 0.2) is 0 Å². The first-order valence-electron chi connectivity index (χ1n) is 9.86. The topological polar surface area (TPSA) is 105 Å². The van der Waals surface area contributed by atoms with Crippen LogP contribution < -0.4 is 10.1 Å². The van der Waals surface area contributed by atoms with Gasteiger partial charge in [0.05, 0.1) is 24.3 Å². The molecule has 0 aromatic heterocycles. The van der Waals surface area contributed by atoms with E-state index >= 15 is 0 Å². The lowest BCUT2D eigenvalue weighted by Gasteiger charge is -2.33. The van der Waals surface area contributed by atoms with Crippen LogP contribution in [0.25, 0.3) is 0 Å². The largest absolute Gasteiger partial charge is 0.495 e. The van der Waals surface area contributed by atoms with E-state index < -0.39 is 4.92 Å². The van der Waals surface area contributed by atoms with Crippen LogP contribution in [-0.2, 0) is 11.3 Å². The van der Waals surface area contributed by atoms with E-state index in [9.17, 15) is 20.0 Å². The summed E-state index contributed by atoms with van der Waals surface area (Å²) in [6.07, 6.45) is 0.169. The number of nitrogens with one attached hydrogen (secondary N) is 1. The maximum absolute atomic E-state index is 12.6. The van der Waals surface area contributed by atoms with E-state index in [2.05, 4.69) is 10.2 Å². The van der Waals surface area contributed by atoms with Crippen LogP contribution in [0, 0.1) is 16.0 Å². The van der Waals surface area contributed by atoms with Crippen molar-refractivity contribution in [2.24, 2.45) is 5.92 Å².